The Kier molecular flexibility index (Phi) is 4.93. The molecule has 1 heterocycles. The fraction of sp³-hybridized carbons (Fsp3) is 0.263. The molecule has 1 aliphatic rings. The summed E-state index contributed by atoms with van der Waals surface area (Å²) in [5.41, 5.74) is 1.21. The van der Waals surface area contributed by atoms with Crippen molar-refractivity contribution in [2.45, 2.75) is 18.3 Å². The fourth-order valence-corrected chi connectivity index (χ4v) is 3.61. The van der Waals surface area contributed by atoms with Gasteiger partial charge in [-0.2, -0.15) is 0 Å². The van der Waals surface area contributed by atoms with Gasteiger partial charge in [0.1, 0.15) is 6.29 Å². The molecule has 0 bridgehead atoms. The molecule has 0 saturated carbocycles. The van der Waals surface area contributed by atoms with E-state index in [0.29, 0.717) is 35.1 Å². The molecule has 3 nitrogen and oxygen atoms in total. The molecule has 1 unspecified atom stereocenters. The Bertz CT molecular complexity index is 763. The lowest BCUT2D eigenvalue weighted by Gasteiger charge is -2.28. The SMILES string of the molecule is O=CCC1(c2ccc(Cl)c(Cl)c2)CCN(C(=O)c2ccccc2)C1. The standard InChI is InChI=1S/C19H17Cl2NO2/c20-16-7-6-15(12-17(16)21)19(9-11-23)8-10-22(13-19)18(24)14-4-2-1-3-5-14/h1-7,11-12H,8-10,13H2. The summed E-state index contributed by atoms with van der Waals surface area (Å²) in [5, 5.41) is 0.948. The summed E-state index contributed by atoms with van der Waals surface area (Å²) in [6.07, 6.45) is 1.99. The van der Waals surface area contributed by atoms with E-state index < -0.39 is 5.41 Å². The number of carbonyl (C=O) groups is 2. The summed E-state index contributed by atoms with van der Waals surface area (Å²) in [4.78, 5) is 25.8. The summed E-state index contributed by atoms with van der Waals surface area (Å²) < 4.78 is 0. The largest absolute Gasteiger partial charge is 0.338 e. The third kappa shape index (κ3) is 3.19. The van der Waals surface area contributed by atoms with Crippen molar-refractivity contribution >= 4 is 35.4 Å². The molecule has 124 valence electrons. The highest BCUT2D eigenvalue weighted by atomic mass is 35.5. The predicted molar refractivity (Wildman–Crippen MR) is 95.8 cm³/mol. The topological polar surface area (TPSA) is 37.4 Å². The molecule has 3 rings (SSSR count). The number of likely N-dealkylation sites (tertiary alicyclic amines) is 1. The van der Waals surface area contributed by atoms with Crippen LogP contribution in [0.5, 0.6) is 0 Å². The number of carbonyl (C=O) groups excluding carboxylic acids is 2. The molecule has 5 heteroatoms. The van der Waals surface area contributed by atoms with E-state index in [1.54, 1.807) is 23.1 Å². The molecule has 0 radical (unpaired) electrons. The van der Waals surface area contributed by atoms with Crippen molar-refractivity contribution in [2.75, 3.05) is 13.1 Å². The van der Waals surface area contributed by atoms with Crippen molar-refractivity contribution < 1.29 is 9.59 Å². The monoisotopic (exact) mass is 361 g/mol. The number of nitrogens with zero attached hydrogens (tertiary/aromatic N) is 1. The summed E-state index contributed by atoms with van der Waals surface area (Å²) in [5.74, 6) is -0.0107. The van der Waals surface area contributed by atoms with Gasteiger partial charge in [0.05, 0.1) is 10.0 Å². The average Bonchev–Trinajstić information content (AvgIpc) is 3.03. The Balaban J connectivity index is 1.89. The summed E-state index contributed by atoms with van der Waals surface area (Å²) in [7, 11) is 0. The second-order valence-corrected chi connectivity index (χ2v) is 6.94. The van der Waals surface area contributed by atoms with Crippen LogP contribution in [0.25, 0.3) is 0 Å². The number of rotatable bonds is 4. The Morgan fingerprint density at radius 1 is 1.12 bits per heavy atom. The number of amides is 1. The van der Waals surface area contributed by atoms with Crippen LogP contribution in [-0.4, -0.2) is 30.2 Å². The van der Waals surface area contributed by atoms with Gasteiger partial charge in [0.25, 0.3) is 5.91 Å². The van der Waals surface area contributed by atoms with Gasteiger partial charge in [-0.05, 0) is 36.2 Å². The maximum absolute atomic E-state index is 12.7. The van der Waals surface area contributed by atoms with E-state index in [4.69, 9.17) is 23.2 Å². The minimum absolute atomic E-state index is 0.0107. The van der Waals surface area contributed by atoms with Gasteiger partial charge in [0.15, 0.2) is 0 Å². The van der Waals surface area contributed by atoms with E-state index in [1.165, 1.54) is 0 Å². The van der Waals surface area contributed by atoms with Gasteiger partial charge in [0.2, 0.25) is 0 Å². The molecule has 1 fully saturated rings. The summed E-state index contributed by atoms with van der Waals surface area (Å²) in [6, 6.07) is 14.6. The lowest BCUT2D eigenvalue weighted by Crippen LogP contribution is -2.35. The van der Waals surface area contributed by atoms with Gasteiger partial charge in [-0.3, -0.25) is 4.79 Å². The van der Waals surface area contributed by atoms with Crippen LogP contribution in [0.1, 0.15) is 28.8 Å². The summed E-state index contributed by atoms with van der Waals surface area (Å²) in [6.45, 7) is 1.11. The Labute approximate surface area is 151 Å². The molecular weight excluding hydrogens is 345 g/mol. The van der Waals surface area contributed by atoms with E-state index in [9.17, 15) is 9.59 Å². The van der Waals surface area contributed by atoms with Crippen LogP contribution < -0.4 is 0 Å². The van der Waals surface area contributed by atoms with E-state index in [0.717, 1.165) is 18.3 Å². The van der Waals surface area contributed by atoms with Gasteiger partial charge in [-0.15, -0.1) is 0 Å². The third-order valence-electron chi connectivity index (χ3n) is 4.67. The molecule has 1 atom stereocenters. The maximum atomic E-state index is 12.7. The van der Waals surface area contributed by atoms with Crippen LogP contribution in [0.15, 0.2) is 48.5 Å². The number of hydrogen-bond acceptors (Lipinski definition) is 2. The van der Waals surface area contributed by atoms with Crippen LogP contribution in [0.2, 0.25) is 10.0 Å². The molecule has 2 aromatic rings. The van der Waals surface area contributed by atoms with E-state index >= 15 is 0 Å². The van der Waals surface area contributed by atoms with Crippen molar-refractivity contribution in [3.63, 3.8) is 0 Å². The lowest BCUT2D eigenvalue weighted by atomic mass is 9.77. The summed E-state index contributed by atoms with van der Waals surface area (Å²) >= 11 is 12.2. The molecule has 0 aromatic heterocycles. The first-order chi connectivity index (χ1) is 11.6. The lowest BCUT2D eigenvalue weighted by molar-refractivity contribution is -0.108. The van der Waals surface area contributed by atoms with Gasteiger partial charge >= 0.3 is 0 Å². The first kappa shape index (κ1) is 17.0. The van der Waals surface area contributed by atoms with Crippen LogP contribution in [0, 0.1) is 0 Å². The molecule has 1 aliphatic heterocycles. The average molecular weight is 362 g/mol. The fourth-order valence-electron chi connectivity index (χ4n) is 3.31. The highest BCUT2D eigenvalue weighted by Gasteiger charge is 2.41. The third-order valence-corrected chi connectivity index (χ3v) is 5.41. The van der Waals surface area contributed by atoms with Gasteiger partial charge in [0, 0.05) is 30.5 Å². The number of hydrogen-bond donors (Lipinski definition) is 0. The maximum Gasteiger partial charge on any atom is 0.253 e. The Morgan fingerprint density at radius 3 is 2.54 bits per heavy atom. The minimum atomic E-state index is -0.402. The van der Waals surface area contributed by atoms with Gasteiger partial charge in [-0.1, -0.05) is 47.5 Å². The second-order valence-electron chi connectivity index (χ2n) is 6.12. The van der Waals surface area contributed by atoms with Crippen LogP contribution in [0.3, 0.4) is 0 Å². The molecule has 1 saturated heterocycles. The molecule has 0 aliphatic carbocycles. The van der Waals surface area contributed by atoms with Gasteiger partial charge < -0.3 is 9.69 Å². The van der Waals surface area contributed by atoms with Crippen molar-refractivity contribution in [1.82, 2.24) is 4.90 Å². The van der Waals surface area contributed by atoms with Crippen molar-refractivity contribution in [2.24, 2.45) is 0 Å². The first-order valence-corrected chi connectivity index (χ1v) is 8.55. The molecular formula is C19H17Cl2NO2. The zero-order chi connectivity index (χ0) is 17.2. The molecule has 0 spiro atoms. The van der Waals surface area contributed by atoms with Crippen LogP contribution in [-0.2, 0) is 10.2 Å². The van der Waals surface area contributed by atoms with E-state index in [-0.39, 0.29) is 5.91 Å². The number of aldehydes is 1. The minimum Gasteiger partial charge on any atom is -0.338 e. The van der Waals surface area contributed by atoms with Crippen LogP contribution in [0.4, 0.5) is 0 Å². The predicted octanol–water partition coefficient (Wildman–Crippen LogP) is 4.37. The highest BCUT2D eigenvalue weighted by Crippen LogP contribution is 2.39. The van der Waals surface area contributed by atoms with Crippen molar-refractivity contribution in [3.8, 4) is 0 Å². The zero-order valence-corrected chi connectivity index (χ0v) is 14.6. The van der Waals surface area contributed by atoms with Crippen molar-refractivity contribution in [1.29, 1.82) is 0 Å². The molecule has 1 amide bonds. The number of benzene rings is 2. The van der Waals surface area contributed by atoms with Crippen LogP contribution >= 0.6 is 23.2 Å². The molecule has 2 aromatic carbocycles. The van der Waals surface area contributed by atoms with Gasteiger partial charge in [-0.25, -0.2) is 0 Å². The molecule has 0 N–H and O–H groups in total. The highest BCUT2D eigenvalue weighted by molar-refractivity contribution is 6.42. The Hall–Kier alpha value is -1.84. The quantitative estimate of drug-likeness (QED) is 0.758. The molecule has 24 heavy (non-hydrogen) atoms. The smallest absolute Gasteiger partial charge is 0.253 e. The second kappa shape index (κ2) is 6.96. The number of halogens is 2. The Morgan fingerprint density at radius 2 is 1.88 bits per heavy atom. The zero-order valence-electron chi connectivity index (χ0n) is 13.0. The normalized spacial score (nSPS) is 20.2. The van der Waals surface area contributed by atoms with E-state index in [2.05, 4.69) is 0 Å². The first-order valence-electron chi connectivity index (χ1n) is 7.79. The van der Waals surface area contributed by atoms with E-state index in [1.807, 2.05) is 30.3 Å². The van der Waals surface area contributed by atoms with Crippen molar-refractivity contribution in [3.05, 3.63) is 69.7 Å².